The number of hydrogen-bond acceptors (Lipinski definition) is 1. The Labute approximate surface area is 99.6 Å². The molecule has 15 heavy (non-hydrogen) atoms. The summed E-state index contributed by atoms with van der Waals surface area (Å²) in [5, 5.41) is 3.77. The van der Waals surface area contributed by atoms with Crippen LogP contribution in [0.25, 0.3) is 0 Å². The van der Waals surface area contributed by atoms with Gasteiger partial charge in [-0.3, -0.25) is 0 Å². The van der Waals surface area contributed by atoms with Gasteiger partial charge < -0.3 is 5.32 Å². The van der Waals surface area contributed by atoms with E-state index in [0.29, 0.717) is 17.4 Å². The molecule has 0 aliphatic heterocycles. The standard InChI is InChI=1S/C11H14Cl2FN/c1-11(2,7-12)15-6-8-5-9(14)3-4-10(8)13/h3-5,15H,6-7H2,1-2H3. The molecule has 1 aromatic carbocycles. The topological polar surface area (TPSA) is 12.0 Å². The predicted molar refractivity (Wildman–Crippen MR) is 63.0 cm³/mol. The molecule has 1 rings (SSSR count). The molecule has 0 radical (unpaired) electrons. The number of benzene rings is 1. The lowest BCUT2D eigenvalue weighted by Crippen LogP contribution is -2.40. The van der Waals surface area contributed by atoms with Gasteiger partial charge in [-0.15, -0.1) is 11.6 Å². The van der Waals surface area contributed by atoms with Crippen LogP contribution >= 0.6 is 23.2 Å². The fraction of sp³-hybridized carbons (Fsp3) is 0.455. The van der Waals surface area contributed by atoms with Gasteiger partial charge >= 0.3 is 0 Å². The van der Waals surface area contributed by atoms with Gasteiger partial charge in [-0.1, -0.05) is 11.6 Å². The van der Waals surface area contributed by atoms with Gasteiger partial charge in [-0.2, -0.15) is 0 Å². The Bertz CT molecular complexity index is 339. The number of rotatable bonds is 4. The Morgan fingerprint density at radius 2 is 2.07 bits per heavy atom. The lowest BCUT2D eigenvalue weighted by Gasteiger charge is -2.23. The highest BCUT2D eigenvalue weighted by Crippen LogP contribution is 2.18. The van der Waals surface area contributed by atoms with E-state index in [1.165, 1.54) is 12.1 Å². The van der Waals surface area contributed by atoms with E-state index in [1.807, 2.05) is 13.8 Å². The van der Waals surface area contributed by atoms with Crippen LogP contribution in [0.5, 0.6) is 0 Å². The average molecular weight is 250 g/mol. The third-order valence-electron chi connectivity index (χ3n) is 2.10. The fourth-order valence-corrected chi connectivity index (χ4v) is 1.34. The molecule has 4 heteroatoms. The van der Waals surface area contributed by atoms with Crippen LogP contribution < -0.4 is 5.32 Å². The van der Waals surface area contributed by atoms with Gasteiger partial charge in [-0.25, -0.2) is 4.39 Å². The molecule has 0 atom stereocenters. The summed E-state index contributed by atoms with van der Waals surface area (Å²) >= 11 is 11.7. The van der Waals surface area contributed by atoms with Gasteiger partial charge in [0.2, 0.25) is 0 Å². The molecule has 0 spiro atoms. The first-order valence-electron chi connectivity index (χ1n) is 4.69. The molecular formula is C11H14Cl2FN. The van der Waals surface area contributed by atoms with Crippen molar-refractivity contribution in [1.29, 1.82) is 0 Å². The van der Waals surface area contributed by atoms with Crippen LogP contribution in [-0.4, -0.2) is 11.4 Å². The Morgan fingerprint density at radius 1 is 1.40 bits per heavy atom. The number of hydrogen-bond donors (Lipinski definition) is 1. The molecule has 1 aromatic rings. The zero-order valence-corrected chi connectivity index (χ0v) is 10.3. The molecule has 1 N–H and O–H groups in total. The van der Waals surface area contributed by atoms with Gasteiger partial charge in [0, 0.05) is 23.0 Å². The third kappa shape index (κ3) is 3.98. The van der Waals surface area contributed by atoms with Crippen LogP contribution in [0.3, 0.4) is 0 Å². The minimum atomic E-state index is -0.278. The molecule has 0 saturated heterocycles. The summed E-state index contributed by atoms with van der Waals surface area (Å²) in [5.74, 6) is 0.208. The number of halogens is 3. The molecular weight excluding hydrogens is 236 g/mol. The largest absolute Gasteiger partial charge is 0.306 e. The molecule has 84 valence electrons. The summed E-state index contributed by atoms with van der Waals surface area (Å²) in [6.07, 6.45) is 0. The normalized spacial score (nSPS) is 11.8. The van der Waals surface area contributed by atoms with E-state index in [9.17, 15) is 4.39 Å². The predicted octanol–water partition coefficient (Wildman–Crippen LogP) is 3.59. The van der Waals surface area contributed by atoms with Crippen LogP contribution in [0.15, 0.2) is 18.2 Å². The minimum absolute atomic E-state index is 0.183. The van der Waals surface area contributed by atoms with Gasteiger partial charge in [-0.05, 0) is 37.6 Å². The molecule has 0 aliphatic carbocycles. The maximum atomic E-state index is 12.9. The summed E-state index contributed by atoms with van der Waals surface area (Å²) in [6.45, 7) is 4.47. The Hall–Kier alpha value is -0.310. The van der Waals surface area contributed by atoms with Crippen molar-refractivity contribution in [3.05, 3.63) is 34.6 Å². The van der Waals surface area contributed by atoms with Crippen molar-refractivity contribution in [2.75, 3.05) is 5.88 Å². The molecule has 0 bridgehead atoms. The molecule has 0 fully saturated rings. The summed E-state index contributed by atoms with van der Waals surface area (Å²) in [6, 6.07) is 4.33. The third-order valence-corrected chi connectivity index (χ3v) is 3.14. The van der Waals surface area contributed by atoms with E-state index in [4.69, 9.17) is 23.2 Å². The minimum Gasteiger partial charge on any atom is -0.306 e. The van der Waals surface area contributed by atoms with Crippen molar-refractivity contribution in [3.63, 3.8) is 0 Å². The highest BCUT2D eigenvalue weighted by atomic mass is 35.5. The zero-order valence-electron chi connectivity index (χ0n) is 8.78. The van der Waals surface area contributed by atoms with E-state index in [2.05, 4.69) is 5.32 Å². The van der Waals surface area contributed by atoms with Crippen LogP contribution in [0.2, 0.25) is 5.02 Å². The summed E-state index contributed by atoms with van der Waals surface area (Å²) in [5.41, 5.74) is 0.562. The lowest BCUT2D eigenvalue weighted by molar-refractivity contribution is 0.429. The van der Waals surface area contributed by atoms with Crippen LogP contribution in [-0.2, 0) is 6.54 Å². The first-order valence-corrected chi connectivity index (χ1v) is 5.61. The van der Waals surface area contributed by atoms with Crippen molar-refractivity contribution in [3.8, 4) is 0 Å². The van der Waals surface area contributed by atoms with Crippen LogP contribution in [0.4, 0.5) is 4.39 Å². The van der Waals surface area contributed by atoms with E-state index in [1.54, 1.807) is 6.07 Å². The van der Waals surface area contributed by atoms with Crippen molar-refractivity contribution in [2.24, 2.45) is 0 Å². The van der Waals surface area contributed by atoms with Crippen molar-refractivity contribution in [1.82, 2.24) is 5.32 Å². The maximum Gasteiger partial charge on any atom is 0.123 e. The maximum absolute atomic E-state index is 12.9. The van der Waals surface area contributed by atoms with Crippen molar-refractivity contribution in [2.45, 2.75) is 25.9 Å². The van der Waals surface area contributed by atoms with E-state index in [0.717, 1.165) is 5.56 Å². The average Bonchev–Trinajstić information content (AvgIpc) is 2.20. The first kappa shape index (κ1) is 12.8. The highest BCUT2D eigenvalue weighted by Gasteiger charge is 2.15. The second-order valence-corrected chi connectivity index (χ2v) is 4.78. The molecule has 0 heterocycles. The SMILES string of the molecule is CC(C)(CCl)NCc1cc(F)ccc1Cl. The quantitative estimate of drug-likeness (QED) is 0.805. The summed E-state index contributed by atoms with van der Waals surface area (Å²) < 4.78 is 12.9. The monoisotopic (exact) mass is 249 g/mol. The molecule has 0 saturated carbocycles. The lowest BCUT2D eigenvalue weighted by atomic mass is 10.1. The zero-order chi connectivity index (χ0) is 11.5. The van der Waals surface area contributed by atoms with E-state index < -0.39 is 0 Å². The summed E-state index contributed by atoms with van der Waals surface area (Å²) in [4.78, 5) is 0. The Balaban J connectivity index is 2.69. The molecule has 1 nitrogen and oxygen atoms in total. The molecule has 0 unspecified atom stereocenters. The van der Waals surface area contributed by atoms with Crippen molar-refractivity contribution >= 4 is 23.2 Å². The smallest absolute Gasteiger partial charge is 0.123 e. The van der Waals surface area contributed by atoms with Gasteiger partial charge in [0.1, 0.15) is 5.82 Å². The Morgan fingerprint density at radius 3 is 2.67 bits per heavy atom. The number of alkyl halides is 1. The van der Waals surface area contributed by atoms with Gasteiger partial charge in [0.15, 0.2) is 0 Å². The molecule has 0 amide bonds. The first-order chi connectivity index (χ1) is 6.94. The van der Waals surface area contributed by atoms with E-state index in [-0.39, 0.29) is 11.4 Å². The second kappa shape index (κ2) is 5.15. The number of nitrogens with one attached hydrogen (secondary N) is 1. The van der Waals surface area contributed by atoms with Gasteiger partial charge in [0.05, 0.1) is 0 Å². The highest BCUT2D eigenvalue weighted by molar-refractivity contribution is 6.31. The molecule has 0 aromatic heterocycles. The molecule has 0 aliphatic rings. The van der Waals surface area contributed by atoms with Gasteiger partial charge in [0.25, 0.3) is 0 Å². The Kier molecular flexibility index (Phi) is 4.38. The van der Waals surface area contributed by atoms with E-state index >= 15 is 0 Å². The van der Waals surface area contributed by atoms with Crippen molar-refractivity contribution < 1.29 is 4.39 Å². The second-order valence-electron chi connectivity index (χ2n) is 4.11. The fourth-order valence-electron chi connectivity index (χ4n) is 1.06. The van der Waals surface area contributed by atoms with Crippen LogP contribution in [0.1, 0.15) is 19.4 Å². The summed E-state index contributed by atoms with van der Waals surface area (Å²) in [7, 11) is 0. The van der Waals surface area contributed by atoms with Crippen LogP contribution in [0, 0.1) is 5.82 Å².